The monoisotopic (exact) mass is 373 g/mol. The summed E-state index contributed by atoms with van der Waals surface area (Å²) in [7, 11) is 0. The van der Waals surface area contributed by atoms with Gasteiger partial charge in [-0.1, -0.05) is 30.3 Å². The van der Waals surface area contributed by atoms with Crippen LogP contribution in [0.25, 0.3) is 0 Å². The van der Waals surface area contributed by atoms with E-state index >= 15 is 0 Å². The number of hydrogen-bond acceptors (Lipinski definition) is 4. The zero-order valence-electron chi connectivity index (χ0n) is 15.6. The largest absolute Gasteiger partial charge is 0.493 e. The number of rotatable bonds is 11. The van der Waals surface area contributed by atoms with Gasteiger partial charge in [-0.2, -0.15) is 0 Å². The third kappa shape index (κ3) is 7.58. The molecule has 0 fully saturated rings. The van der Waals surface area contributed by atoms with Gasteiger partial charge in [-0.25, -0.2) is 4.79 Å². The predicted molar refractivity (Wildman–Crippen MR) is 103 cm³/mol. The summed E-state index contributed by atoms with van der Waals surface area (Å²) >= 11 is 0. The van der Waals surface area contributed by atoms with Gasteiger partial charge in [0.1, 0.15) is 11.5 Å². The Hall–Kier alpha value is -2.73. The number of hydrogen-bond donors (Lipinski definition) is 3. The first kappa shape index (κ1) is 20.6. The quantitative estimate of drug-likeness (QED) is 0.525. The Morgan fingerprint density at radius 1 is 1.00 bits per heavy atom. The van der Waals surface area contributed by atoms with E-state index in [4.69, 9.17) is 14.6 Å². The fraction of sp³-hybridized carbons (Fsp3) is 0.381. The number of para-hydroxylation sites is 1. The second-order valence-corrected chi connectivity index (χ2v) is 6.66. The Balaban J connectivity index is 1.69. The molecule has 0 spiro atoms. The van der Waals surface area contributed by atoms with Crippen LogP contribution >= 0.6 is 0 Å². The van der Waals surface area contributed by atoms with Crippen molar-refractivity contribution in [2.75, 3.05) is 19.8 Å². The number of benzene rings is 2. The molecule has 0 aliphatic rings. The Morgan fingerprint density at radius 3 is 2.15 bits per heavy atom. The molecule has 27 heavy (non-hydrogen) atoms. The van der Waals surface area contributed by atoms with Crippen LogP contribution < -0.4 is 14.8 Å². The molecule has 6 nitrogen and oxygen atoms in total. The SMILES string of the molecule is C[C@](CO)(CCc1ccc(OCCCOc2ccccc2)cc1)NC(=O)O. The van der Waals surface area contributed by atoms with Gasteiger partial charge >= 0.3 is 6.09 Å². The van der Waals surface area contributed by atoms with Crippen molar-refractivity contribution in [3.05, 3.63) is 60.2 Å². The van der Waals surface area contributed by atoms with Gasteiger partial charge < -0.3 is 25.0 Å². The minimum atomic E-state index is -1.13. The van der Waals surface area contributed by atoms with Crippen molar-refractivity contribution in [1.82, 2.24) is 5.32 Å². The topological polar surface area (TPSA) is 88.0 Å². The van der Waals surface area contributed by atoms with Crippen molar-refractivity contribution in [1.29, 1.82) is 0 Å². The summed E-state index contributed by atoms with van der Waals surface area (Å²) in [5, 5.41) is 20.6. The minimum absolute atomic E-state index is 0.244. The molecule has 0 aliphatic carbocycles. The van der Waals surface area contributed by atoms with E-state index in [2.05, 4.69) is 5.32 Å². The lowest BCUT2D eigenvalue weighted by Gasteiger charge is -2.27. The van der Waals surface area contributed by atoms with E-state index in [1.54, 1.807) is 6.92 Å². The molecule has 0 heterocycles. The number of amides is 1. The Kier molecular flexibility index (Phi) is 7.95. The van der Waals surface area contributed by atoms with Crippen molar-refractivity contribution < 1.29 is 24.5 Å². The molecule has 0 saturated heterocycles. The molecule has 0 unspecified atom stereocenters. The lowest BCUT2D eigenvalue weighted by Crippen LogP contribution is -2.48. The average molecular weight is 373 g/mol. The van der Waals surface area contributed by atoms with Crippen molar-refractivity contribution >= 4 is 6.09 Å². The normalized spacial score (nSPS) is 12.8. The zero-order valence-corrected chi connectivity index (χ0v) is 15.6. The number of aliphatic hydroxyl groups is 1. The van der Waals surface area contributed by atoms with E-state index < -0.39 is 11.6 Å². The van der Waals surface area contributed by atoms with Crippen LogP contribution in [-0.4, -0.2) is 41.7 Å². The lowest BCUT2D eigenvalue weighted by molar-refractivity contribution is 0.141. The van der Waals surface area contributed by atoms with Gasteiger partial charge in [-0.15, -0.1) is 0 Å². The molecule has 1 amide bonds. The molecular weight excluding hydrogens is 346 g/mol. The number of ether oxygens (including phenoxy) is 2. The first-order valence-electron chi connectivity index (χ1n) is 9.02. The summed E-state index contributed by atoms with van der Waals surface area (Å²) in [5.74, 6) is 1.64. The summed E-state index contributed by atoms with van der Waals surface area (Å²) in [6.45, 7) is 2.61. The smallest absolute Gasteiger partial charge is 0.405 e. The molecule has 146 valence electrons. The molecule has 6 heteroatoms. The van der Waals surface area contributed by atoms with Crippen LogP contribution in [0, 0.1) is 0 Å². The van der Waals surface area contributed by atoms with Gasteiger partial charge in [0.2, 0.25) is 0 Å². The van der Waals surface area contributed by atoms with Crippen molar-refractivity contribution in [2.45, 2.75) is 31.7 Å². The summed E-state index contributed by atoms with van der Waals surface area (Å²) in [5.41, 5.74) is 0.210. The standard InChI is InChI=1S/C21H27NO5/c1-21(16-23,22-20(24)25)13-12-17-8-10-19(11-9-17)27-15-5-14-26-18-6-3-2-4-7-18/h2-4,6-11,22-23H,5,12-16H2,1H3,(H,24,25)/t21-/m1/s1. The van der Waals surface area contributed by atoms with Gasteiger partial charge in [0, 0.05) is 6.42 Å². The predicted octanol–water partition coefficient (Wildman–Crippen LogP) is 3.49. The van der Waals surface area contributed by atoms with Gasteiger partial charge in [0.15, 0.2) is 0 Å². The lowest BCUT2D eigenvalue weighted by atomic mass is 9.94. The van der Waals surface area contributed by atoms with Gasteiger partial charge in [-0.3, -0.25) is 0 Å². The first-order chi connectivity index (χ1) is 13.0. The van der Waals surface area contributed by atoms with Crippen molar-refractivity contribution in [3.63, 3.8) is 0 Å². The second-order valence-electron chi connectivity index (χ2n) is 6.66. The number of nitrogens with one attached hydrogen (secondary N) is 1. The molecule has 0 saturated carbocycles. The number of carbonyl (C=O) groups is 1. The van der Waals surface area contributed by atoms with Crippen LogP contribution in [0.3, 0.4) is 0 Å². The highest BCUT2D eigenvalue weighted by Gasteiger charge is 2.25. The van der Waals surface area contributed by atoms with E-state index in [0.29, 0.717) is 26.1 Å². The highest BCUT2D eigenvalue weighted by atomic mass is 16.5. The maximum absolute atomic E-state index is 10.8. The van der Waals surface area contributed by atoms with Crippen molar-refractivity contribution in [3.8, 4) is 11.5 Å². The van der Waals surface area contributed by atoms with Gasteiger partial charge in [-0.05, 0) is 49.6 Å². The molecule has 0 radical (unpaired) electrons. The fourth-order valence-corrected chi connectivity index (χ4v) is 2.57. The highest BCUT2D eigenvalue weighted by Crippen LogP contribution is 2.17. The van der Waals surface area contributed by atoms with Crippen LogP contribution in [0.15, 0.2) is 54.6 Å². The van der Waals surface area contributed by atoms with Crippen LogP contribution in [0.5, 0.6) is 11.5 Å². The van der Waals surface area contributed by atoms with Crippen LogP contribution in [0.2, 0.25) is 0 Å². The maximum Gasteiger partial charge on any atom is 0.405 e. The highest BCUT2D eigenvalue weighted by molar-refractivity contribution is 5.65. The fourth-order valence-electron chi connectivity index (χ4n) is 2.57. The number of aliphatic hydroxyl groups excluding tert-OH is 1. The third-order valence-corrected chi connectivity index (χ3v) is 4.22. The summed E-state index contributed by atoms with van der Waals surface area (Å²) in [6.07, 6.45) is 0.813. The second kappa shape index (κ2) is 10.4. The molecule has 1 atom stereocenters. The first-order valence-corrected chi connectivity index (χ1v) is 9.02. The van der Waals surface area contributed by atoms with E-state index in [1.165, 1.54) is 0 Å². The minimum Gasteiger partial charge on any atom is -0.493 e. The molecular formula is C21H27NO5. The third-order valence-electron chi connectivity index (χ3n) is 4.22. The van der Waals surface area contributed by atoms with Gasteiger partial charge in [0.25, 0.3) is 0 Å². The molecule has 2 aromatic rings. The maximum atomic E-state index is 10.8. The summed E-state index contributed by atoms with van der Waals surface area (Å²) < 4.78 is 11.3. The van der Waals surface area contributed by atoms with Crippen LogP contribution in [0.4, 0.5) is 4.79 Å². The molecule has 2 rings (SSSR count). The summed E-state index contributed by atoms with van der Waals surface area (Å²) in [4.78, 5) is 10.8. The van der Waals surface area contributed by atoms with E-state index in [0.717, 1.165) is 23.5 Å². The van der Waals surface area contributed by atoms with Crippen LogP contribution in [-0.2, 0) is 6.42 Å². The molecule has 0 bridgehead atoms. The van der Waals surface area contributed by atoms with E-state index in [9.17, 15) is 9.90 Å². The Bertz CT molecular complexity index is 689. The molecule has 3 N–H and O–H groups in total. The van der Waals surface area contributed by atoms with E-state index in [1.807, 2.05) is 54.6 Å². The number of carboxylic acid groups (broad SMARTS) is 1. The molecule has 2 aromatic carbocycles. The summed E-state index contributed by atoms with van der Waals surface area (Å²) in [6, 6.07) is 17.4. The Morgan fingerprint density at radius 2 is 1.59 bits per heavy atom. The zero-order chi connectivity index (χ0) is 19.5. The van der Waals surface area contributed by atoms with E-state index in [-0.39, 0.29) is 6.61 Å². The molecule has 0 aliphatic heterocycles. The van der Waals surface area contributed by atoms with Crippen LogP contribution in [0.1, 0.15) is 25.3 Å². The number of aryl methyl sites for hydroxylation is 1. The molecule has 0 aromatic heterocycles. The Labute approximate surface area is 159 Å². The van der Waals surface area contributed by atoms with Crippen molar-refractivity contribution in [2.24, 2.45) is 0 Å². The van der Waals surface area contributed by atoms with Gasteiger partial charge in [0.05, 0.1) is 25.4 Å². The average Bonchev–Trinajstić information content (AvgIpc) is 2.67.